The number of rotatable bonds is 4. The molecular formula is C23H23F3N6O2. The summed E-state index contributed by atoms with van der Waals surface area (Å²) in [5.41, 5.74) is -0.410. The van der Waals surface area contributed by atoms with Crippen LogP contribution in [0.3, 0.4) is 0 Å². The van der Waals surface area contributed by atoms with Gasteiger partial charge in [-0.25, -0.2) is 9.97 Å². The number of carbonyl (C=O) groups excluding carboxylic acids is 1. The van der Waals surface area contributed by atoms with Crippen LogP contribution in [0.25, 0.3) is 16.6 Å². The quantitative estimate of drug-likeness (QED) is 0.446. The lowest BCUT2D eigenvalue weighted by atomic mass is 9.87. The zero-order valence-corrected chi connectivity index (χ0v) is 18.6. The smallest absolute Gasteiger partial charge is 0.433 e. The van der Waals surface area contributed by atoms with Crippen LogP contribution in [0, 0.1) is 5.92 Å². The third-order valence-electron chi connectivity index (χ3n) is 6.34. The van der Waals surface area contributed by atoms with Crippen molar-refractivity contribution in [3.63, 3.8) is 0 Å². The SMILES string of the molecule is COc1cc2nn(C3CCC(C)CC3)cc2cc1NC(=O)c1ncn2ccc(C(F)(F)F)nc12. The number of fused-ring (bicyclic) bond motifs is 2. The molecule has 1 aromatic carbocycles. The Kier molecular flexibility index (Phi) is 5.41. The van der Waals surface area contributed by atoms with Crippen molar-refractivity contribution in [2.45, 2.75) is 44.8 Å². The average Bonchev–Trinajstić information content (AvgIpc) is 3.41. The number of methoxy groups -OCH3 is 1. The van der Waals surface area contributed by atoms with Gasteiger partial charge in [0.15, 0.2) is 11.3 Å². The minimum atomic E-state index is -4.63. The van der Waals surface area contributed by atoms with Crippen molar-refractivity contribution in [2.75, 3.05) is 12.4 Å². The van der Waals surface area contributed by atoms with Gasteiger partial charge in [0.05, 0.1) is 24.4 Å². The fourth-order valence-corrected chi connectivity index (χ4v) is 4.41. The third-order valence-corrected chi connectivity index (χ3v) is 6.34. The van der Waals surface area contributed by atoms with Gasteiger partial charge in [0.25, 0.3) is 5.91 Å². The lowest BCUT2D eigenvalue weighted by Gasteiger charge is -2.26. The van der Waals surface area contributed by atoms with Gasteiger partial charge in [-0.2, -0.15) is 18.3 Å². The molecule has 0 atom stereocenters. The molecule has 3 aromatic heterocycles. The van der Waals surface area contributed by atoms with Crippen LogP contribution in [-0.2, 0) is 6.18 Å². The van der Waals surface area contributed by atoms with Crippen LogP contribution in [0.5, 0.6) is 5.75 Å². The number of hydrogen-bond acceptors (Lipinski definition) is 5. The number of nitrogens with zero attached hydrogens (tertiary/aromatic N) is 5. The molecule has 1 amide bonds. The molecular weight excluding hydrogens is 449 g/mol. The number of alkyl halides is 3. The van der Waals surface area contributed by atoms with Crippen molar-refractivity contribution < 1.29 is 22.7 Å². The minimum absolute atomic E-state index is 0.188. The standard InChI is InChI=1S/C23H23F3N6O2/c1-13-3-5-15(6-4-13)32-11-14-9-17(18(34-2)10-16(14)30-32)28-22(33)20-21-29-19(23(24,25)26)7-8-31(21)12-27-20/h7-13,15H,3-6H2,1-2H3,(H,28,33). The Morgan fingerprint density at radius 1 is 1.21 bits per heavy atom. The normalized spacial score (nSPS) is 19.0. The van der Waals surface area contributed by atoms with Crippen LogP contribution < -0.4 is 10.1 Å². The molecule has 1 N–H and O–H groups in total. The van der Waals surface area contributed by atoms with Crippen LogP contribution in [0.2, 0.25) is 0 Å². The summed E-state index contributed by atoms with van der Waals surface area (Å²) < 4.78 is 47.9. The minimum Gasteiger partial charge on any atom is -0.494 e. The fourth-order valence-electron chi connectivity index (χ4n) is 4.41. The van der Waals surface area contributed by atoms with Crippen molar-refractivity contribution in [1.82, 2.24) is 24.1 Å². The Balaban J connectivity index is 1.45. The van der Waals surface area contributed by atoms with E-state index in [2.05, 4.69) is 22.2 Å². The van der Waals surface area contributed by atoms with E-state index in [9.17, 15) is 18.0 Å². The molecule has 0 saturated heterocycles. The van der Waals surface area contributed by atoms with Crippen molar-refractivity contribution in [2.24, 2.45) is 5.92 Å². The number of imidazole rings is 1. The monoisotopic (exact) mass is 472 g/mol. The fraction of sp³-hybridized carbons (Fsp3) is 0.391. The van der Waals surface area contributed by atoms with Crippen molar-refractivity contribution in [3.8, 4) is 5.75 Å². The summed E-state index contributed by atoms with van der Waals surface area (Å²) in [5, 5.41) is 8.23. The Hall–Kier alpha value is -3.63. The summed E-state index contributed by atoms with van der Waals surface area (Å²) in [6, 6.07) is 4.64. The van der Waals surface area contributed by atoms with Gasteiger partial charge in [-0.3, -0.25) is 13.9 Å². The lowest BCUT2D eigenvalue weighted by Crippen LogP contribution is -2.16. The van der Waals surface area contributed by atoms with Gasteiger partial charge in [0.1, 0.15) is 17.8 Å². The van der Waals surface area contributed by atoms with E-state index in [4.69, 9.17) is 9.84 Å². The van der Waals surface area contributed by atoms with E-state index in [-0.39, 0.29) is 11.3 Å². The second-order valence-electron chi connectivity index (χ2n) is 8.72. The third kappa shape index (κ3) is 4.06. The van der Waals surface area contributed by atoms with Crippen LogP contribution in [-0.4, -0.2) is 37.2 Å². The zero-order valence-electron chi connectivity index (χ0n) is 18.6. The summed E-state index contributed by atoms with van der Waals surface area (Å²) in [6.45, 7) is 2.26. The number of carbonyl (C=O) groups is 1. The van der Waals surface area contributed by atoms with Gasteiger partial charge in [0, 0.05) is 23.8 Å². The molecule has 1 aliphatic carbocycles. The Labute approximate surface area is 192 Å². The van der Waals surface area contributed by atoms with Crippen LogP contribution in [0.1, 0.15) is 54.8 Å². The number of aromatic nitrogens is 5. The molecule has 4 aromatic rings. The van der Waals surface area contributed by atoms with E-state index >= 15 is 0 Å². The maximum atomic E-state index is 13.1. The molecule has 0 radical (unpaired) electrons. The molecule has 178 valence electrons. The zero-order chi connectivity index (χ0) is 24.0. The van der Waals surface area contributed by atoms with E-state index < -0.39 is 17.8 Å². The first kappa shape index (κ1) is 22.2. The highest BCUT2D eigenvalue weighted by molar-refractivity contribution is 6.08. The highest BCUT2D eigenvalue weighted by Crippen LogP contribution is 2.35. The van der Waals surface area contributed by atoms with E-state index in [0.29, 0.717) is 17.5 Å². The highest BCUT2D eigenvalue weighted by atomic mass is 19.4. The Morgan fingerprint density at radius 3 is 2.68 bits per heavy atom. The first-order valence-corrected chi connectivity index (χ1v) is 11.0. The number of ether oxygens (including phenoxy) is 1. The molecule has 5 rings (SSSR count). The molecule has 34 heavy (non-hydrogen) atoms. The van der Waals surface area contributed by atoms with E-state index in [0.717, 1.165) is 48.6 Å². The highest BCUT2D eigenvalue weighted by Gasteiger charge is 2.33. The first-order valence-electron chi connectivity index (χ1n) is 11.0. The molecule has 3 heterocycles. The molecule has 0 bridgehead atoms. The first-order chi connectivity index (χ1) is 16.2. The van der Waals surface area contributed by atoms with Gasteiger partial charge in [0.2, 0.25) is 0 Å². The predicted octanol–water partition coefficient (Wildman–Crippen LogP) is 5.11. The molecule has 1 fully saturated rings. The number of hydrogen-bond donors (Lipinski definition) is 1. The molecule has 0 spiro atoms. The number of benzene rings is 1. The van der Waals surface area contributed by atoms with E-state index in [1.807, 2.05) is 10.9 Å². The molecule has 0 aliphatic heterocycles. The van der Waals surface area contributed by atoms with Crippen molar-refractivity contribution in [1.29, 1.82) is 0 Å². The summed E-state index contributed by atoms with van der Waals surface area (Å²) >= 11 is 0. The number of anilines is 1. The van der Waals surface area contributed by atoms with E-state index in [1.165, 1.54) is 24.0 Å². The molecule has 1 saturated carbocycles. The van der Waals surface area contributed by atoms with Gasteiger partial charge in [-0.05, 0) is 43.7 Å². The summed E-state index contributed by atoms with van der Waals surface area (Å²) in [4.78, 5) is 20.5. The van der Waals surface area contributed by atoms with Crippen LogP contribution >= 0.6 is 0 Å². The number of halogens is 3. The van der Waals surface area contributed by atoms with Gasteiger partial charge >= 0.3 is 6.18 Å². The van der Waals surface area contributed by atoms with Crippen LogP contribution in [0.4, 0.5) is 18.9 Å². The Morgan fingerprint density at radius 2 is 1.97 bits per heavy atom. The maximum absolute atomic E-state index is 13.1. The molecule has 11 heteroatoms. The lowest BCUT2D eigenvalue weighted by molar-refractivity contribution is -0.141. The molecule has 1 aliphatic rings. The second kappa shape index (κ2) is 8.30. The topological polar surface area (TPSA) is 86.3 Å². The Bertz CT molecular complexity index is 1370. The van der Waals surface area contributed by atoms with Gasteiger partial charge in [-0.15, -0.1) is 0 Å². The van der Waals surface area contributed by atoms with Crippen molar-refractivity contribution >= 4 is 28.1 Å². The van der Waals surface area contributed by atoms with Gasteiger partial charge in [-0.1, -0.05) is 6.92 Å². The summed E-state index contributed by atoms with van der Waals surface area (Å²) in [5.74, 6) is 0.417. The largest absolute Gasteiger partial charge is 0.494 e. The maximum Gasteiger partial charge on any atom is 0.433 e. The van der Waals surface area contributed by atoms with Crippen LogP contribution in [0.15, 0.2) is 36.9 Å². The average molecular weight is 472 g/mol. The number of nitrogens with one attached hydrogen (secondary N) is 1. The van der Waals surface area contributed by atoms with Crippen molar-refractivity contribution in [3.05, 3.63) is 48.3 Å². The summed E-state index contributed by atoms with van der Waals surface area (Å²) in [7, 11) is 1.47. The van der Waals surface area contributed by atoms with Gasteiger partial charge < -0.3 is 10.1 Å². The number of amides is 1. The summed E-state index contributed by atoms with van der Waals surface area (Å²) in [6.07, 6.45) is 4.18. The van der Waals surface area contributed by atoms with E-state index in [1.54, 1.807) is 12.1 Å². The molecule has 0 unspecified atom stereocenters. The predicted molar refractivity (Wildman–Crippen MR) is 119 cm³/mol. The molecule has 8 nitrogen and oxygen atoms in total. The second-order valence-corrected chi connectivity index (χ2v) is 8.72.